The van der Waals surface area contributed by atoms with Crippen LogP contribution in [0.15, 0.2) is 14.1 Å². The summed E-state index contributed by atoms with van der Waals surface area (Å²) < 4.78 is 28.1. The molecule has 8 heteroatoms. The molecule has 1 saturated carbocycles. The van der Waals surface area contributed by atoms with Gasteiger partial charge in [-0.1, -0.05) is 11.6 Å². The Balaban J connectivity index is 2.26. The minimum Gasteiger partial charge on any atom is -0.329 e. The Morgan fingerprint density at radius 3 is 2.67 bits per heavy atom. The molecule has 3 N–H and O–H groups in total. The van der Waals surface area contributed by atoms with Crippen molar-refractivity contribution in [2.45, 2.75) is 29.5 Å². The lowest BCUT2D eigenvalue weighted by molar-refractivity contribution is 0.374. The predicted octanol–water partition coefficient (Wildman–Crippen LogP) is 2.57. The first-order valence-electron chi connectivity index (χ1n) is 5.47. The Kier molecular flexibility index (Phi) is 4.12. The van der Waals surface area contributed by atoms with Gasteiger partial charge in [-0.3, -0.25) is 0 Å². The molecule has 0 saturated heterocycles. The van der Waals surface area contributed by atoms with Crippen molar-refractivity contribution in [1.82, 2.24) is 4.72 Å². The minimum atomic E-state index is -3.56. The summed E-state index contributed by atoms with van der Waals surface area (Å²) >= 11 is 10.2. The summed E-state index contributed by atoms with van der Waals surface area (Å²) in [5.41, 5.74) is 5.14. The number of hydrogen-bond acceptors (Lipinski definition) is 4. The minimum absolute atomic E-state index is 0.208. The monoisotopic (exact) mass is 372 g/mol. The molecule has 0 spiro atoms. The number of thiophene rings is 1. The second kappa shape index (κ2) is 5.03. The molecule has 1 aromatic rings. The van der Waals surface area contributed by atoms with Crippen LogP contribution in [0, 0.1) is 5.92 Å². The number of nitrogens with two attached hydrogens (primary N) is 1. The molecule has 0 amide bonds. The average Bonchev–Trinajstić information content (AvgIpc) is 3.07. The molecule has 102 valence electrons. The topological polar surface area (TPSA) is 72.2 Å². The fourth-order valence-electron chi connectivity index (χ4n) is 1.83. The Morgan fingerprint density at radius 2 is 2.28 bits per heavy atom. The summed E-state index contributed by atoms with van der Waals surface area (Å²) in [6.45, 7) is 2.14. The van der Waals surface area contributed by atoms with Gasteiger partial charge in [-0.05, 0) is 47.7 Å². The molecule has 2 rings (SSSR count). The van der Waals surface area contributed by atoms with E-state index in [9.17, 15) is 8.42 Å². The third-order valence-electron chi connectivity index (χ3n) is 3.16. The molecule has 1 aliphatic rings. The Morgan fingerprint density at radius 1 is 1.67 bits per heavy atom. The largest absolute Gasteiger partial charge is 0.329 e. The maximum absolute atomic E-state index is 12.3. The van der Waals surface area contributed by atoms with Crippen molar-refractivity contribution in [3.05, 3.63) is 14.9 Å². The first-order chi connectivity index (χ1) is 8.28. The molecule has 0 radical (unpaired) electrons. The van der Waals surface area contributed by atoms with E-state index in [2.05, 4.69) is 20.7 Å². The number of hydrogen-bond donors (Lipinski definition) is 2. The molecular weight excluding hydrogens is 360 g/mol. The van der Waals surface area contributed by atoms with Crippen molar-refractivity contribution in [1.29, 1.82) is 0 Å². The molecule has 18 heavy (non-hydrogen) atoms. The number of halogens is 2. The lowest BCUT2D eigenvalue weighted by Crippen LogP contribution is -2.52. The molecular formula is C10H14BrClN2O2S2. The first-order valence-corrected chi connectivity index (χ1v) is 8.94. The second-order valence-electron chi connectivity index (χ2n) is 4.69. The van der Waals surface area contributed by atoms with E-state index < -0.39 is 15.6 Å². The van der Waals surface area contributed by atoms with Crippen LogP contribution in [0.1, 0.15) is 19.8 Å². The van der Waals surface area contributed by atoms with Crippen molar-refractivity contribution in [3.63, 3.8) is 0 Å². The van der Waals surface area contributed by atoms with E-state index in [0.717, 1.165) is 24.2 Å². The van der Waals surface area contributed by atoms with Crippen LogP contribution >= 0.6 is 38.9 Å². The zero-order valence-corrected chi connectivity index (χ0v) is 13.7. The number of rotatable bonds is 5. The molecule has 1 atom stereocenters. The number of sulfonamides is 1. The van der Waals surface area contributed by atoms with Crippen molar-refractivity contribution in [3.8, 4) is 0 Å². The Hall–Kier alpha value is 0.340. The van der Waals surface area contributed by atoms with Crippen LogP contribution in [0.25, 0.3) is 0 Å². The summed E-state index contributed by atoms with van der Waals surface area (Å²) in [5, 5.41) is 0.404. The molecule has 1 aliphatic carbocycles. The van der Waals surface area contributed by atoms with Crippen LogP contribution in [0.5, 0.6) is 0 Å². The molecule has 0 aliphatic heterocycles. The van der Waals surface area contributed by atoms with E-state index in [-0.39, 0.29) is 10.8 Å². The van der Waals surface area contributed by atoms with E-state index in [1.165, 1.54) is 6.07 Å². The van der Waals surface area contributed by atoms with Gasteiger partial charge in [0.2, 0.25) is 0 Å². The smallest absolute Gasteiger partial charge is 0.250 e. The van der Waals surface area contributed by atoms with E-state index in [0.29, 0.717) is 14.7 Å². The molecule has 0 aromatic carbocycles. The SMILES string of the molecule is CC(CN)(NS(=O)(=O)c1cc(Cl)c(Br)s1)C1CC1. The van der Waals surface area contributed by atoms with Crippen molar-refractivity contribution in [2.24, 2.45) is 11.7 Å². The van der Waals surface area contributed by atoms with Crippen molar-refractivity contribution >= 4 is 48.9 Å². The van der Waals surface area contributed by atoms with Crippen LogP contribution in [0.2, 0.25) is 5.02 Å². The van der Waals surface area contributed by atoms with Gasteiger partial charge in [0.15, 0.2) is 0 Å². The summed E-state index contributed by atoms with van der Waals surface area (Å²) in [6.07, 6.45) is 2.04. The van der Waals surface area contributed by atoms with Crippen molar-refractivity contribution in [2.75, 3.05) is 6.54 Å². The van der Waals surface area contributed by atoms with Gasteiger partial charge < -0.3 is 5.73 Å². The summed E-state index contributed by atoms with van der Waals surface area (Å²) in [7, 11) is -3.56. The van der Waals surface area contributed by atoms with E-state index in [1.807, 2.05) is 6.92 Å². The van der Waals surface area contributed by atoms with Gasteiger partial charge in [-0.15, -0.1) is 11.3 Å². The van der Waals surface area contributed by atoms with E-state index >= 15 is 0 Å². The van der Waals surface area contributed by atoms with Gasteiger partial charge in [0.05, 0.1) is 8.81 Å². The van der Waals surface area contributed by atoms with Gasteiger partial charge in [-0.25, -0.2) is 13.1 Å². The zero-order chi connectivity index (χ0) is 13.6. The van der Waals surface area contributed by atoms with Gasteiger partial charge >= 0.3 is 0 Å². The van der Waals surface area contributed by atoms with Crippen LogP contribution in [0.3, 0.4) is 0 Å². The fraction of sp³-hybridized carbons (Fsp3) is 0.600. The van der Waals surface area contributed by atoms with Crippen molar-refractivity contribution < 1.29 is 8.42 Å². The fourth-order valence-corrected chi connectivity index (χ4v) is 5.70. The highest BCUT2D eigenvalue weighted by atomic mass is 79.9. The standard InChI is InChI=1S/C10H14BrClN2O2S2/c1-10(5-13,6-2-3-6)14-18(15,16)8-4-7(12)9(11)17-8/h4,6,14H,2-3,5,13H2,1H3. The van der Waals surface area contributed by atoms with Crippen LogP contribution < -0.4 is 10.5 Å². The number of nitrogens with one attached hydrogen (secondary N) is 1. The Labute approximate surface area is 124 Å². The van der Waals surface area contributed by atoms with Crippen LogP contribution in [0.4, 0.5) is 0 Å². The molecule has 1 heterocycles. The molecule has 1 aromatic heterocycles. The van der Waals surface area contributed by atoms with Crippen LogP contribution in [-0.4, -0.2) is 20.5 Å². The van der Waals surface area contributed by atoms with Gasteiger partial charge in [-0.2, -0.15) is 0 Å². The zero-order valence-electron chi connectivity index (χ0n) is 9.74. The highest BCUT2D eigenvalue weighted by molar-refractivity contribution is 9.11. The van der Waals surface area contributed by atoms with Gasteiger partial charge in [0.25, 0.3) is 10.0 Å². The van der Waals surface area contributed by atoms with Crippen LogP contribution in [-0.2, 0) is 10.0 Å². The quantitative estimate of drug-likeness (QED) is 0.833. The molecule has 1 unspecified atom stereocenters. The maximum Gasteiger partial charge on any atom is 0.250 e. The maximum atomic E-state index is 12.3. The second-order valence-corrected chi connectivity index (χ2v) is 9.37. The third-order valence-corrected chi connectivity index (χ3v) is 7.72. The lowest BCUT2D eigenvalue weighted by atomic mass is 9.98. The highest BCUT2D eigenvalue weighted by Gasteiger charge is 2.43. The third kappa shape index (κ3) is 2.91. The predicted molar refractivity (Wildman–Crippen MR) is 77.5 cm³/mol. The summed E-state index contributed by atoms with van der Waals surface area (Å²) in [4.78, 5) is 0. The highest BCUT2D eigenvalue weighted by Crippen LogP contribution is 2.41. The van der Waals surface area contributed by atoms with E-state index in [1.54, 1.807) is 0 Å². The summed E-state index contributed by atoms with van der Waals surface area (Å²) in [6, 6.07) is 1.45. The normalized spacial score (nSPS) is 19.8. The summed E-state index contributed by atoms with van der Waals surface area (Å²) in [5.74, 6) is 0.330. The Bertz CT molecular complexity index is 537. The van der Waals surface area contributed by atoms with E-state index in [4.69, 9.17) is 17.3 Å². The molecule has 0 bridgehead atoms. The van der Waals surface area contributed by atoms with Gasteiger partial charge in [0.1, 0.15) is 4.21 Å². The molecule has 4 nitrogen and oxygen atoms in total. The lowest BCUT2D eigenvalue weighted by Gasteiger charge is -2.28. The molecule has 1 fully saturated rings. The first kappa shape index (κ1) is 14.7. The average molecular weight is 374 g/mol. The van der Waals surface area contributed by atoms with Gasteiger partial charge in [0, 0.05) is 12.1 Å².